The molecule has 0 N–H and O–H groups in total. The van der Waals surface area contributed by atoms with E-state index in [1.54, 1.807) is 0 Å². The Hall–Kier alpha value is -1.18. The molecule has 140 valence electrons. The molecule has 1 saturated heterocycles. The Kier molecular flexibility index (Phi) is 11.4. The Bertz CT molecular complexity index is 337. The summed E-state index contributed by atoms with van der Waals surface area (Å²) in [4.78, 5) is 22.8. The highest BCUT2D eigenvalue weighted by molar-refractivity contribution is 5.97. The topological polar surface area (TPSA) is 80.3 Å². The molecule has 1 fully saturated rings. The second-order valence-electron chi connectivity index (χ2n) is 5.73. The summed E-state index contributed by atoms with van der Waals surface area (Å²) in [5.41, 5.74) is 0. The smallest absolute Gasteiger partial charge is 0.346 e. The molecule has 1 aliphatic heterocycles. The molecular weight excluding hydrogens is 316 g/mol. The molecular formula is C17H30O7. The first-order valence-electron chi connectivity index (χ1n) is 8.69. The van der Waals surface area contributed by atoms with Crippen LogP contribution >= 0.6 is 0 Å². The molecule has 7 heteroatoms. The molecule has 7 nitrogen and oxygen atoms in total. The van der Waals surface area contributed by atoms with Gasteiger partial charge in [0.2, 0.25) is 0 Å². The minimum Gasteiger partial charge on any atom is -0.467 e. The average molecular weight is 346 g/mol. The molecule has 0 aliphatic carbocycles. The van der Waals surface area contributed by atoms with E-state index in [1.807, 2.05) is 0 Å². The van der Waals surface area contributed by atoms with Gasteiger partial charge >= 0.3 is 11.9 Å². The fourth-order valence-corrected chi connectivity index (χ4v) is 2.44. The average Bonchev–Trinajstić information content (AvgIpc) is 2.63. The summed E-state index contributed by atoms with van der Waals surface area (Å²) in [6.07, 6.45) is 6.89. The molecule has 1 aliphatic rings. The van der Waals surface area contributed by atoms with Crippen LogP contribution < -0.4 is 0 Å². The monoisotopic (exact) mass is 346 g/mol. The highest BCUT2D eigenvalue weighted by atomic mass is 16.7. The van der Waals surface area contributed by atoms with E-state index in [2.05, 4.69) is 9.47 Å². The maximum atomic E-state index is 11.4. The fraction of sp³-hybridized carbons (Fsp3) is 0.882. The molecule has 0 spiro atoms. The predicted octanol–water partition coefficient (Wildman–Crippen LogP) is 2.21. The molecule has 0 amide bonds. The molecule has 1 unspecified atom stereocenters. The van der Waals surface area contributed by atoms with Crippen molar-refractivity contribution in [3.05, 3.63) is 0 Å². The van der Waals surface area contributed by atoms with Crippen molar-refractivity contribution in [2.75, 3.05) is 34.0 Å². The standard InChI is InChI=1S/C17H30O7/c1-20-16(18)15(17(19)21-2)24-13-8-5-3-4-7-11-22-14-10-6-9-12-23-14/h14-15H,3-13H2,1-2H3. The molecule has 1 atom stereocenters. The number of rotatable bonds is 12. The fourth-order valence-electron chi connectivity index (χ4n) is 2.44. The molecule has 1 heterocycles. The minimum absolute atomic E-state index is 0.0132. The van der Waals surface area contributed by atoms with Gasteiger partial charge in [-0.2, -0.15) is 0 Å². The predicted molar refractivity (Wildman–Crippen MR) is 86.4 cm³/mol. The maximum absolute atomic E-state index is 11.4. The number of methoxy groups -OCH3 is 2. The molecule has 0 bridgehead atoms. The number of unbranched alkanes of at least 4 members (excludes halogenated alkanes) is 4. The van der Waals surface area contributed by atoms with Crippen LogP contribution in [0.4, 0.5) is 0 Å². The van der Waals surface area contributed by atoms with Crippen LogP contribution in [0.2, 0.25) is 0 Å². The zero-order chi connectivity index (χ0) is 17.6. The van der Waals surface area contributed by atoms with Crippen molar-refractivity contribution in [1.29, 1.82) is 0 Å². The third kappa shape index (κ3) is 8.61. The normalized spacial score (nSPS) is 17.7. The van der Waals surface area contributed by atoms with Crippen molar-refractivity contribution in [3.8, 4) is 0 Å². The van der Waals surface area contributed by atoms with Gasteiger partial charge < -0.3 is 23.7 Å². The zero-order valence-corrected chi connectivity index (χ0v) is 14.8. The number of carbonyl (C=O) groups is 2. The Morgan fingerprint density at radius 3 is 2.17 bits per heavy atom. The summed E-state index contributed by atoms with van der Waals surface area (Å²) in [6, 6.07) is 0. The van der Waals surface area contributed by atoms with Crippen molar-refractivity contribution >= 4 is 11.9 Å². The van der Waals surface area contributed by atoms with E-state index in [0.29, 0.717) is 6.61 Å². The largest absolute Gasteiger partial charge is 0.467 e. The molecule has 24 heavy (non-hydrogen) atoms. The maximum Gasteiger partial charge on any atom is 0.346 e. The van der Waals surface area contributed by atoms with E-state index in [1.165, 1.54) is 20.6 Å². The number of hydrogen-bond acceptors (Lipinski definition) is 7. The number of carbonyl (C=O) groups excluding carboxylic acids is 2. The van der Waals surface area contributed by atoms with Gasteiger partial charge in [0, 0.05) is 19.8 Å². The van der Waals surface area contributed by atoms with Crippen LogP contribution in [0.1, 0.15) is 51.4 Å². The third-order valence-corrected chi connectivity index (χ3v) is 3.85. The summed E-state index contributed by atoms with van der Waals surface area (Å²) < 4.78 is 25.5. The van der Waals surface area contributed by atoms with E-state index < -0.39 is 18.0 Å². The van der Waals surface area contributed by atoms with E-state index in [9.17, 15) is 9.59 Å². The van der Waals surface area contributed by atoms with Crippen molar-refractivity contribution < 1.29 is 33.3 Å². The molecule has 0 aromatic carbocycles. The van der Waals surface area contributed by atoms with Crippen molar-refractivity contribution in [2.45, 2.75) is 63.8 Å². The number of ether oxygens (including phenoxy) is 5. The van der Waals surface area contributed by atoms with Gasteiger partial charge in [-0.1, -0.05) is 19.3 Å². The van der Waals surface area contributed by atoms with Gasteiger partial charge in [0.25, 0.3) is 6.10 Å². The number of esters is 2. The van der Waals surface area contributed by atoms with Crippen LogP contribution in [0.3, 0.4) is 0 Å². The van der Waals surface area contributed by atoms with Gasteiger partial charge in [0.05, 0.1) is 14.2 Å². The van der Waals surface area contributed by atoms with Gasteiger partial charge in [0.15, 0.2) is 6.29 Å². The van der Waals surface area contributed by atoms with Gasteiger partial charge in [0.1, 0.15) is 0 Å². The van der Waals surface area contributed by atoms with Gasteiger partial charge in [-0.3, -0.25) is 0 Å². The van der Waals surface area contributed by atoms with Crippen LogP contribution in [0.25, 0.3) is 0 Å². The lowest BCUT2D eigenvalue weighted by molar-refractivity contribution is -0.170. The van der Waals surface area contributed by atoms with Crippen LogP contribution in [0.5, 0.6) is 0 Å². The van der Waals surface area contributed by atoms with E-state index >= 15 is 0 Å². The van der Waals surface area contributed by atoms with Crippen molar-refractivity contribution in [3.63, 3.8) is 0 Å². The lowest BCUT2D eigenvalue weighted by atomic mass is 10.1. The van der Waals surface area contributed by atoms with E-state index in [4.69, 9.17) is 14.2 Å². The van der Waals surface area contributed by atoms with Gasteiger partial charge in [-0.25, -0.2) is 9.59 Å². The molecule has 0 radical (unpaired) electrons. The molecule has 0 aromatic rings. The molecule has 0 saturated carbocycles. The Morgan fingerprint density at radius 1 is 0.958 bits per heavy atom. The van der Waals surface area contributed by atoms with Crippen molar-refractivity contribution in [1.82, 2.24) is 0 Å². The van der Waals surface area contributed by atoms with Gasteiger partial charge in [-0.15, -0.1) is 0 Å². The highest BCUT2D eigenvalue weighted by Crippen LogP contribution is 2.14. The van der Waals surface area contributed by atoms with Crippen LogP contribution in [0.15, 0.2) is 0 Å². The first kappa shape index (κ1) is 20.9. The summed E-state index contributed by atoms with van der Waals surface area (Å²) in [7, 11) is 2.42. The van der Waals surface area contributed by atoms with Crippen molar-refractivity contribution in [2.24, 2.45) is 0 Å². The lowest BCUT2D eigenvalue weighted by Gasteiger charge is -2.22. The summed E-state index contributed by atoms with van der Waals surface area (Å²) in [6.45, 7) is 1.86. The SMILES string of the molecule is COC(=O)C(OCCCCCCCOC1CCCCO1)C(=O)OC. The van der Waals surface area contributed by atoms with Crippen LogP contribution in [-0.2, 0) is 33.3 Å². The Balaban J connectivity index is 1.97. The zero-order valence-electron chi connectivity index (χ0n) is 14.8. The van der Waals surface area contributed by atoms with Crippen LogP contribution in [-0.4, -0.2) is 58.4 Å². The summed E-state index contributed by atoms with van der Waals surface area (Å²) >= 11 is 0. The first-order chi connectivity index (χ1) is 11.7. The third-order valence-electron chi connectivity index (χ3n) is 3.85. The summed E-state index contributed by atoms with van der Waals surface area (Å²) in [5, 5.41) is 0. The first-order valence-corrected chi connectivity index (χ1v) is 8.69. The Labute approximate surface area is 143 Å². The second kappa shape index (κ2) is 13.1. The molecule has 0 aromatic heterocycles. The highest BCUT2D eigenvalue weighted by Gasteiger charge is 2.29. The summed E-state index contributed by atoms with van der Waals surface area (Å²) in [5.74, 6) is -1.46. The van der Waals surface area contributed by atoms with E-state index in [0.717, 1.165) is 58.2 Å². The van der Waals surface area contributed by atoms with Gasteiger partial charge in [-0.05, 0) is 32.1 Å². The second-order valence-corrected chi connectivity index (χ2v) is 5.73. The van der Waals surface area contributed by atoms with E-state index in [-0.39, 0.29) is 6.29 Å². The molecule has 1 rings (SSSR count). The quantitative estimate of drug-likeness (QED) is 0.304. The number of hydrogen-bond donors (Lipinski definition) is 0. The Morgan fingerprint density at radius 2 is 1.58 bits per heavy atom. The van der Waals surface area contributed by atoms with Crippen LogP contribution in [0, 0.1) is 0 Å². The minimum atomic E-state index is -1.29. The lowest BCUT2D eigenvalue weighted by Crippen LogP contribution is -2.35.